The largest absolute Gasteiger partial charge is 0.292 e. The number of hydrogen-bond acceptors (Lipinski definition) is 3. The van der Waals surface area contributed by atoms with Crippen LogP contribution in [0.1, 0.15) is 21.6 Å². The maximum Gasteiger partial charge on any atom is 0.185 e. The van der Waals surface area contributed by atoms with Gasteiger partial charge in [-0.1, -0.05) is 30.3 Å². The van der Waals surface area contributed by atoms with Gasteiger partial charge < -0.3 is 0 Å². The molecular formula is C16H12N2O. The molecule has 1 heterocycles. The topological polar surface area (TPSA) is 53.8 Å². The summed E-state index contributed by atoms with van der Waals surface area (Å²) in [5.41, 5.74) is 1.35. The first-order valence-electron chi connectivity index (χ1n) is 6.19. The fourth-order valence-electron chi connectivity index (χ4n) is 2.63. The molecule has 0 N–H and O–H groups in total. The number of hydrogen-bond donors (Lipinski definition) is 0. The zero-order chi connectivity index (χ0) is 13.3. The Morgan fingerprint density at radius 1 is 1.21 bits per heavy atom. The molecule has 19 heavy (non-hydrogen) atoms. The van der Waals surface area contributed by atoms with Gasteiger partial charge in [-0.05, 0) is 24.1 Å². The number of Topliss-reactive ketones (excluding diaryl/α,β-unsaturated/α-hetero) is 1. The van der Waals surface area contributed by atoms with Crippen LogP contribution >= 0.6 is 0 Å². The van der Waals surface area contributed by atoms with Crippen LogP contribution in [0.4, 0.5) is 0 Å². The molecule has 0 bridgehead atoms. The second-order valence-electron chi connectivity index (χ2n) is 4.86. The maximum absolute atomic E-state index is 12.5. The Morgan fingerprint density at radius 2 is 2.00 bits per heavy atom. The molecular weight excluding hydrogens is 236 g/mol. The Bertz CT molecular complexity index is 673. The highest BCUT2D eigenvalue weighted by molar-refractivity contribution is 6.06. The van der Waals surface area contributed by atoms with E-state index in [9.17, 15) is 10.1 Å². The van der Waals surface area contributed by atoms with Gasteiger partial charge in [0.2, 0.25) is 0 Å². The van der Waals surface area contributed by atoms with Crippen molar-refractivity contribution < 1.29 is 4.79 Å². The average Bonchev–Trinajstić information content (AvgIpc) is 2.74. The maximum atomic E-state index is 12.5. The molecule has 1 aliphatic carbocycles. The summed E-state index contributed by atoms with van der Waals surface area (Å²) in [6, 6.07) is 15.4. The Hall–Kier alpha value is -2.47. The Balaban J connectivity index is 2.00. The fourth-order valence-corrected chi connectivity index (χ4v) is 2.63. The fraction of sp³-hybridized carbons (Fsp3) is 0.188. The molecule has 0 saturated carbocycles. The number of aromatic nitrogens is 1. The van der Waals surface area contributed by atoms with Gasteiger partial charge in [-0.3, -0.25) is 9.78 Å². The van der Waals surface area contributed by atoms with Crippen molar-refractivity contribution in [2.24, 2.45) is 5.41 Å². The van der Waals surface area contributed by atoms with E-state index in [4.69, 9.17) is 0 Å². The molecule has 3 heteroatoms. The van der Waals surface area contributed by atoms with Crippen molar-refractivity contribution in [1.29, 1.82) is 5.26 Å². The van der Waals surface area contributed by atoms with Crippen LogP contribution in [0.15, 0.2) is 48.7 Å². The lowest BCUT2D eigenvalue weighted by Crippen LogP contribution is -2.28. The van der Waals surface area contributed by atoms with Crippen molar-refractivity contribution in [1.82, 2.24) is 4.98 Å². The van der Waals surface area contributed by atoms with Crippen molar-refractivity contribution in [2.45, 2.75) is 12.8 Å². The summed E-state index contributed by atoms with van der Waals surface area (Å²) in [4.78, 5) is 16.7. The van der Waals surface area contributed by atoms with Crippen LogP contribution in [-0.4, -0.2) is 10.8 Å². The Morgan fingerprint density at radius 3 is 2.68 bits per heavy atom. The number of ketones is 1. The van der Waals surface area contributed by atoms with Gasteiger partial charge in [0.1, 0.15) is 5.41 Å². The van der Waals surface area contributed by atoms with E-state index in [0.717, 1.165) is 11.3 Å². The molecule has 1 aromatic heterocycles. The summed E-state index contributed by atoms with van der Waals surface area (Å²) < 4.78 is 0. The van der Waals surface area contributed by atoms with Crippen LogP contribution < -0.4 is 0 Å². The minimum absolute atomic E-state index is 0.0954. The number of rotatable bonds is 2. The molecule has 0 fully saturated rings. The van der Waals surface area contributed by atoms with Crippen LogP contribution in [0.5, 0.6) is 0 Å². The minimum Gasteiger partial charge on any atom is -0.292 e. The number of benzene rings is 1. The van der Waals surface area contributed by atoms with Gasteiger partial charge in [-0.2, -0.15) is 5.26 Å². The van der Waals surface area contributed by atoms with E-state index < -0.39 is 5.41 Å². The third kappa shape index (κ3) is 1.82. The first-order valence-corrected chi connectivity index (χ1v) is 6.19. The normalized spacial score (nSPS) is 20.9. The molecule has 2 aromatic rings. The van der Waals surface area contributed by atoms with Gasteiger partial charge in [0.15, 0.2) is 5.78 Å². The van der Waals surface area contributed by atoms with E-state index in [-0.39, 0.29) is 5.78 Å². The molecule has 0 amide bonds. The summed E-state index contributed by atoms with van der Waals surface area (Å²) in [6.45, 7) is 0. The smallest absolute Gasteiger partial charge is 0.185 e. The van der Waals surface area contributed by atoms with Gasteiger partial charge in [0.05, 0.1) is 11.8 Å². The zero-order valence-corrected chi connectivity index (χ0v) is 10.3. The van der Waals surface area contributed by atoms with E-state index >= 15 is 0 Å². The van der Waals surface area contributed by atoms with E-state index in [2.05, 4.69) is 11.1 Å². The van der Waals surface area contributed by atoms with Gasteiger partial charge in [-0.15, -0.1) is 0 Å². The number of nitrogens with zero attached hydrogens (tertiary/aromatic N) is 2. The van der Waals surface area contributed by atoms with Gasteiger partial charge in [0, 0.05) is 18.2 Å². The summed E-state index contributed by atoms with van der Waals surface area (Å²) in [5, 5.41) is 9.52. The molecule has 1 aromatic carbocycles. The van der Waals surface area contributed by atoms with Crippen molar-refractivity contribution >= 4 is 5.78 Å². The Kier molecular flexibility index (Phi) is 2.64. The molecule has 0 unspecified atom stereocenters. The lowest BCUT2D eigenvalue weighted by atomic mass is 9.79. The molecule has 0 spiro atoms. The lowest BCUT2D eigenvalue weighted by molar-refractivity contribution is 0.0882. The van der Waals surface area contributed by atoms with E-state index in [1.807, 2.05) is 30.3 Å². The van der Waals surface area contributed by atoms with Crippen LogP contribution in [0, 0.1) is 16.7 Å². The van der Waals surface area contributed by atoms with Gasteiger partial charge >= 0.3 is 0 Å². The van der Waals surface area contributed by atoms with E-state index in [1.165, 1.54) is 0 Å². The highest BCUT2D eigenvalue weighted by atomic mass is 16.1. The molecule has 92 valence electrons. The van der Waals surface area contributed by atoms with Crippen molar-refractivity contribution in [3.8, 4) is 6.07 Å². The third-order valence-corrected chi connectivity index (χ3v) is 3.60. The lowest BCUT2D eigenvalue weighted by Gasteiger charge is -2.18. The number of pyridine rings is 1. The second kappa shape index (κ2) is 4.33. The molecule has 0 saturated heterocycles. The number of fused-ring (bicyclic) bond motifs is 1. The SMILES string of the molecule is N#C[C@]1(Cc2ccccc2)Cc2ncccc2C1=O. The standard InChI is InChI=1S/C16H12N2O/c17-11-16(9-12-5-2-1-3-6-12)10-14-13(15(16)19)7-4-8-18-14/h1-8H,9-10H2/t16-/m0/s1. The quantitative estimate of drug-likeness (QED) is 0.820. The van der Waals surface area contributed by atoms with Crippen molar-refractivity contribution in [3.63, 3.8) is 0 Å². The number of carbonyl (C=O) groups is 1. The van der Waals surface area contributed by atoms with Gasteiger partial charge in [-0.25, -0.2) is 0 Å². The first kappa shape index (κ1) is 11.6. The van der Waals surface area contributed by atoms with Crippen molar-refractivity contribution in [2.75, 3.05) is 0 Å². The molecule has 1 atom stereocenters. The number of nitriles is 1. The van der Waals surface area contributed by atoms with Crippen molar-refractivity contribution in [3.05, 3.63) is 65.5 Å². The molecule has 1 aliphatic rings. The van der Waals surface area contributed by atoms with Gasteiger partial charge in [0.25, 0.3) is 0 Å². The summed E-state index contributed by atoms with van der Waals surface area (Å²) in [5.74, 6) is -0.0954. The highest BCUT2D eigenvalue weighted by Gasteiger charge is 2.46. The monoisotopic (exact) mass is 248 g/mol. The Labute approximate surface area is 111 Å². The average molecular weight is 248 g/mol. The van der Waals surface area contributed by atoms with Crippen LogP contribution in [-0.2, 0) is 12.8 Å². The highest BCUT2D eigenvalue weighted by Crippen LogP contribution is 2.38. The molecule has 0 radical (unpaired) electrons. The summed E-state index contributed by atoms with van der Waals surface area (Å²) in [6.07, 6.45) is 2.52. The molecule has 0 aliphatic heterocycles. The number of carbonyl (C=O) groups excluding carboxylic acids is 1. The zero-order valence-electron chi connectivity index (χ0n) is 10.3. The predicted octanol–water partition coefficient (Wildman–Crippen LogP) is 2.57. The second-order valence-corrected chi connectivity index (χ2v) is 4.86. The van der Waals surface area contributed by atoms with E-state index in [0.29, 0.717) is 18.4 Å². The molecule has 3 rings (SSSR count). The van der Waals surface area contributed by atoms with Crippen LogP contribution in [0.25, 0.3) is 0 Å². The first-order chi connectivity index (χ1) is 9.25. The predicted molar refractivity (Wildman–Crippen MR) is 70.5 cm³/mol. The van der Waals surface area contributed by atoms with Crippen LogP contribution in [0.2, 0.25) is 0 Å². The van der Waals surface area contributed by atoms with Crippen LogP contribution in [0.3, 0.4) is 0 Å². The summed E-state index contributed by atoms with van der Waals surface area (Å²) >= 11 is 0. The third-order valence-electron chi connectivity index (χ3n) is 3.60. The van der Waals surface area contributed by atoms with E-state index in [1.54, 1.807) is 18.3 Å². The molecule has 3 nitrogen and oxygen atoms in total. The minimum atomic E-state index is -0.988. The summed E-state index contributed by atoms with van der Waals surface area (Å²) in [7, 11) is 0.